The van der Waals surface area contributed by atoms with E-state index in [1.165, 1.54) is 37.2 Å². The van der Waals surface area contributed by atoms with Gasteiger partial charge >= 0.3 is 10.2 Å². The average Bonchev–Trinajstić information content (AvgIpc) is 2.83. The standard InChI is InChI=1S/C25H35FN4O4S/c1-5-6-17-27-25(32)20(2)29(18-16-21-12-8-7-9-13-21)24(31)19-30(35(33,34)28(3)4)23-15-11-10-14-22(23)26/h7-15,20H,5-6,16-19H2,1-4H3,(H,27,32). The number of halogens is 1. The maximum absolute atomic E-state index is 14.6. The number of amides is 2. The molecule has 0 fully saturated rings. The van der Waals surface area contributed by atoms with Crippen molar-refractivity contribution in [2.24, 2.45) is 0 Å². The van der Waals surface area contributed by atoms with Crippen LogP contribution in [0.25, 0.3) is 0 Å². The molecular formula is C25H35FN4O4S. The SMILES string of the molecule is CCCCNC(=O)C(C)N(CCc1ccccc1)C(=O)CN(c1ccccc1F)S(=O)(=O)N(C)C. The molecule has 0 radical (unpaired) electrons. The zero-order valence-corrected chi connectivity index (χ0v) is 21.6. The number of nitrogens with zero attached hydrogens (tertiary/aromatic N) is 3. The molecular weight excluding hydrogens is 471 g/mol. The van der Waals surface area contributed by atoms with Gasteiger partial charge in [-0.25, -0.2) is 8.70 Å². The molecule has 2 aromatic carbocycles. The number of carbonyl (C=O) groups is 2. The lowest BCUT2D eigenvalue weighted by Gasteiger charge is -2.33. The fourth-order valence-corrected chi connectivity index (χ4v) is 4.53. The van der Waals surface area contributed by atoms with E-state index in [0.29, 0.717) is 13.0 Å². The van der Waals surface area contributed by atoms with Gasteiger partial charge in [-0.2, -0.15) is 12.7 Å². The number of hydrogen-bond donors (Lipinski definition) is 1. The van der Waals surface area contributed by atoms with Gasteiger partial charge in [0.1, 0.15) is 18.4 Å². The average molecular weight is 507 g/mol. The lowest BCUT2D eigenvalue weighted by molar-refractivity contribution is -0.138. The Morgan fingerprint density at radius 2 is 1.66 bits per heavy atom. The van der Waals surface area contributed by atoms with Crippen LogP contribution in [0, 0.1) is 5.82 Å². The molecule has 0 aliphatic carbocycles. The minimum atomic E-state index is -4.20. The molecule has 2 aromatic rings. The molecule has 2 rings (SSSR count). The second-order valence-electron chi connectivity index (χ2n) is 8.39. The Balaban J connectivity index is 2.35. The molecule has 0 saturated carbocycles. The first-order chi connectivity index (χ1) is 16.6. The molecule has 0 saturated heterocycles. The summed E-state index contributed by atoms with van der Waals surface area (Å²) < 4.78 is 42.3. The molecule has 1 atom stereocenters. The number of benzene rings is 2. The van der Waals surface area contributed by atoms with Crippen LogP contribution < -0.4 is 9.62 Å². The summed E-state index contributed by atoms with van der Waals surface area (Å²) in [6.45, 7) is 3.64. The summed E-state index contributed by atoms with van der Waals surface area (Å²) in [6, 6.07) is 14.0. The second kappa shape index (κ2) is 13.2. The summed E-state index contributed by atoms with van der Waals surface area (Å²) in [4.78, 5) is 27.6. The number of rotatable bonds is 13. The Hall–Kier alpha value is -2.98. The van der Waals surface area contributed by atoms with Crippen LogP contribution in [0.4, 0.5) is 10.1 Å². The minimum Gasteiger partial charge on any atom is -0.354 e. The van der Waals surface area contributed by atoms with E-state index in [4.69, 9.17) is 0 Å². The Kier molecular flexibility index (Phi) is 10.7. The van der Waals surface area contributed by atoms with Crippen LogP contribution in [0.15, 0.2) is 54.6 Å². The summed E-state index contributed by atoms with van der Waals surface area (Å²) in [7, 11) is -1.57. The van der Waals surface area contributed by atoms with Gasteiger partial charge in [0.25, 0.3) is 0 Å². The van der Waals surface area contributed by atoms with E-state index in [-0.39, 0.29) is 18.1 Å². The van der Waals surface area contributed by atoms with Gasteiger partial charge < -0.3 is 10.2 Å². The maximum Gasteiger partial charge on any atom is 0.304 e. The molecule has 0 aliphatic rings. The molecule has 0 spiro atoms. The molecule has 1 unspecified atom stereocenters. The second-order valence-corrected chi connectivity index (χ2v) is 10.5. The summed E-state index contributed by atoms with van der Waals surface area (Å²) in [6.07, 6.45) is 2.18. The van der Waals surface area contributed by atoms with Crippen molar-refractivity contribution in [2.75, 3.05) is 38.0 Å². The molecule has 35 heavy (non-hydrogen) atoms. The first-order valence-corrected chi connectivity index (χ1v) is 13.0. The highest BCUT2D eigenvalue weighted by Crippen LogP contribution is 2.23. The highest BCUT2D eigenvalue weighted by atomic mass is 32.2. The Morgan fingerprint density at radius 3 is 2.26 bits per heavy atom. The maximum atomic E-state index is 14.6. The molecule has 0 aromatic heterocycles. The molecule has 2 amide bonds. The first-order valence-electron chi connectivity index (χ1n) is 11.6. The van der Waals surface area contributed by atoms with E-state index in [1.54, 1.807) is 6.92 Å². The van der Waals surface area contributed by atoms with Crippen molar-refractivity contribution < 1.29 is 22.4 Å². The molecule has 0 heterocycles. The van der Waals surface area contributed by atoms with Crippen LogP contribution >= 0.6 is 0 Å². The summed E-state index contributed by atoms with van der Waals surface area (Å²) >= 11 is 0. The zero-order chi connectivity index (χ0) is 26.0. The Labute approximate surface area is 207 Å². The highest BCUT2D eigenvalue weighted by Gasteiger charge is 2.33. The van der Waals surface area contributed by atoms with Crippen LogP contribution in [0.3, 0.4) is 0 Å². The summed E-state index contributed by atoms with van der Waals surface area (Å²) in [5.41, 5.74) is 0.730. The largest absolute Gasteiger partial charge is 0.354 e. The fraction of sp³-hybridized carbons (Fsp3) is 0.440. The Bertz CT molecular complexity index is 1080. The summed E-state index contributed by atoms with van der Waals surface area (Å²) in [5.74, 6) is -1.70. The lowest BCUT2D eigenvalue weighted by atomic mass is 10.1. The highest BCUT2D eigenvalue weighted by molar-refractivity contribution is 7.90. The third-order valence-electron chi connectivity index (χ3n) is 5.62. The molecule has 0 aliphatic heterocycles. The molecule has 10 heteroatoms. The van der Waals surface area contributed by atoms with E-state index in [1.807, 2.05) is 37.3 Å². The van der Waals surface area contributed by atoms with Gasteiger partial charge in [-0.1, -0.05) is 55.8 Å². The molecule has 0 bridgehead atoms. The quantitative estimate of drug-likeness (QED) is 0.423. The lowest BCUT2D eigenvalue weighted by Crippen LogP contribution is -2.53. The van der Waals surface area contributed by atoms with Crippen LogP contribution in [-0.2, 0) is 26.2 Å². The predicted molar refractivity (Wildman–Crippen MR) is 136 cm³/mol. The molecule has 192 valence electrons. The van der Waals surface area contributed by atoms with Gasteiger partial charge in [0.15, 0.2) is 0 Å². The van der Waals surface area contributed by atoms with Crippen LogP contribution in [0.1, 0.15) is 32.3 Å². The normalized spacial score (nSPS) is 12.3. The molecule has 8 nitrogen and oxygen atoms in total. The van der Waals surface area contributed by atoms with Crippen LogP contribution in [0.5, 0.6) is 0 Å². The number of para-hydroxylation sites is 1. The molecule has 1 N–H and O–H groups in total. The number of hydrogen-bond acceptors (Lipinski definition) is 4. The predicted octanol–water partition coefficient (Wildman–Crippen LogP) is 2.81. The number of nitrogens with one attached hydrogen (secondary N) is 1. The zero-order valence-electron chi connectivity index (χ0n) is 20.8. The number of unbranched alkanes of at least 4 members (excludes halogenated alkanes) is 1. The van der Waals surface area contributed by atoms with Crippen molar-refractivity contribution in [1.82, 2.24) is 14.5 Å². The monoisotopic (exact) mass is 506 g/mol. The van der Waals surface area contributed by atoms with Gasteiger partial charge in [-0.15, -0.1) is 0 Å². The van der Waals surface area contributed by atoms with Gasteiger partial charge in [0.2, 0.25) is 11.8 Å². The van der Waals surface area contributed by atoms with Crippen molar-refractivity contribution >= 4 is 27.7 Å². The van der Waals surface area contributed by atoms with Crippen molar-refractivity contribution in [2.45, 2.75) is 39.2 Å². The van der Waals surface area contributed by atoms with E-state index in [2.05, 4.69) is 5.32 Å². The van der Waals surface area contributed by atoms with Crippen molar-refractivity contribution in [3.05, 3.63) is 66.0 Å². The summed E-state index contributed by atoms with van der Waals surface area (Å²) in [5, 5.41) is 2.83. The third-order valence-corrected chi connectivity index (χ3v) is 7.43. The van der Waals surface area contributed by atoms with E-state index >= 15 is 0 Å². The van der Waals surface area contributed by atoms with Gasteiger partial charge in [-0.05, 0) is 37.5 Å². The van der Waals surface area contributed by atoms with E-state index in [0.717, 1.165) is 33.1 Å². The Morgan fingerprint density at radius 1 is 1.03 bits per heavy atom. The number of anilines is 1. The van der Waals surface area contributed by atoms with Crippen molar-refractivity contribution in [1.29, 1.82) is 0 Å². The van der Waals surface area contributed by atoms with E-state index in [9.17, 15) is 22.4 Å². The fourth-order valence-electron chi connectivity index (χ4n) is 3.46. The number of carbonyl (C=O) groups excluding carboxylic acids is 2. The van der Waals surface area contributed by atoms with Crippen LogP contribution in [-0.4, -0.2) is 69.2 Å². The first kappa shape index (κ1) is 28.3. The van der Waals surface area contributed by atoms with Gasteiger partial charge in [0.05, 0.1) is 5.69 Å². The van der Waals surface area contributed by atoms with Gasteiger partial charge in [-0.3, -0.25) is 9.59 Å². The van der Waals surface area contributed by atoms with Crippen molar-refractivity contribution in [3.8, 4) is 0 Å². The van der Waals surface area contributed by atoms with Gasteiger partial charge in [0, 0.05) is 27.2 Å². The van der Waals surface area contributed by atoms with Crippen LogP contribution in [0.2, 0.25) is 0 Å². The smallest absolute Gasteiger partial charge is 0.304 e. The topological polar surface area (TPSA) is 90.0 Å². The third kappa shape index (κ3) is 7.76. The minimum absolute atomic E-state index is 0.193. The van der Waals surface area contributed by atoms with Crippen molar-refractivity contribution in [3.63, 3.8) is 0 Å². The van der Waals surface area contributed by atoms with E-state index < -0.39 is 34.5 Å².